The molecule has 0 amide bonds. The molecule has 0 aliphatic carbocycles. The summed E-state index contributed by atoms with van der Waals surface area (Å²) in [7, 11) is 0. The van der Waals surface area contributed by atoms with Crippen molar-refractivity contribution >= 4 is 23.1 Å². The number of hydrogen-bond donors (Lipinski definition) is 2. The first-order valence-electron chi connectivity index (χ1n) is 5.33. The predicted octanol–water partition coefficient (Wildman–Crippen LogP) is 1.96. The Labute approximate surface area is 113 Å². The van der Waals surface area contributed by atoms with Crippen LogP contribution in [0.3, 0.4) is 0 Å². The Morgan fingerprint density at radius 2 is 2.26 bits per heavy atom. The highest BCUT2D eigenvalue weighted by atomic mass is 32.2. The molecule has 0 unspecified atom stereocenters. The van der Waals surface area contributed by atoms with E-state index < -0.39 is 4.92 Å². The van der Waals surface area contributed by atoms with Gasteiger partial charge in [-0.2, -0.15) is 0 Å². The lowest BCUT2D eigenvalue weighted by Crippen LogP contribution is -2.09. The summed E-state index contributed by atoms with van der Waals surface area (Å²) in [5.41, 5.74) is 3.38. The van der Waals surface area contributed by atoms with E-state index in [2.05, 4.69) is 15.4 Å². The molecule has 98 valence electrons. The fraction of sp³-hybridized carbons (Fsp3) is 0.0909. The van der Waals surface area contributed by atoms with Crippen LogP contribution < -0.4 is 11.3 Å². The Balaban J connectivity index is 2.13. The summed E-state index contributed by atoms with van der Waals surface area (Å²) in [6, 6.07) is 4.87. The van der Waals surface area contributed by atoms with Gasteiger partial charge in [0.25, 0.3) is 5.69 Å². The number of nitrogens with zero attached hydrogens (tertiary/aromatic N) is 3. The van der Waals surface area contributed by atoms with Crippen molar-refractivity contribution in [1.82, 2.24) is 9.97 Å². The Morgan fingerprint density at radius 3 is 2.89 bits per heavy atom. The monoisotopic (exact) mass is 277 g/mol. The van der Waals surface area contributed by atoms with E-state index in [9.17, 15) is 10.1 Å². The van der Waals surface area contributed by atoms with Crippen molar-refractivity contribution in [3.8, 4) is 0 Å². The zero-order valence-electron chi connectivity index (χ0n) is 9.81. The quantitative estimate of drug-likeness (QED) is 0.372. The molecular formula is C11H11N5O2S. The molecule has 8 heteroatoms. The molecule has 7 nitrogen and oxygen atoms in total. The first kappa shape index (κ1) is 13.2. The van der Waals surface area contributed by atoms with E-state index in [4.69, 9.17) is 5.84 Å². The second-order valence-electron chi connectivity index (χ2n) is 3.59. The van der Waals surface area contributed by atoms with Gasteiger partial charge in [0.15, 0.2) is 0 Å². The SMILES string of the molecule is NNc1ccc(CSc2cnccn2)cc1[N+](=O)[O-]. The highest BCUT2D eigenvalue weighted by Crippen LogP contribution is 2.27. The second-order valence-corrected chi connectivity index (χ2v) is 4.58. The number of hydrazine groups is 1. The fourth-order valence-electron chi connectivity index (χ4n) is 1.46. The molecule has 0 saturated heterocycles. The van der Waals surface area contributed by atoms with Gasteiger partial charge in [0.1, 0.15) is 10.7 Å². The minimum absolute atomic E-state index is 0.0419. The largest absolute Gasteiger partial charge is 0.318 e. The first-order valence-corrected chi connectivity index (χ1v) is 6.32. The van der Waals surface area contributed by atoms with Crippen LogP contribution in [-0.4, -0.2) is 14.9 Å². The average molecular weight is 277 g/mol. The average Bonchev–Trinajstić information content (AvgIpc) is 2.46. The molecule has 0 bridgehead atoms. The molecule has 0 aliphatic heterocycles. The lowest BCUT2D eigenvalue weighted by molar-refractivity contribution is -0.384. The maximum Gasteiger partial charge on any atom is 0.293 e. The van der Waals surface area contributed by atoms with E-state index in [1.165, 1.54) is 17.8 Å². The number of hydrogen-bond acceptors (Lipinski definition) is 7. The maximum absolute atomic E-state index is 10.9. The van der Waals surface area contributed by atoms with E-state index >= 15 is 0 Å². The number of aromatic nitrogens is 2. The third-order valence-electron chi connectivity index (χ3n) is 2.34. The molecule has 0 aliphatic rings. The second kappa shape index (κ2) is 6.12. The van der Waals surface area contributed by atoms with Gasteiger partial charge in [-0.25, -0.2) is 4.98 Å². The highest BCUT2D eigenvalue weighted by Gasteiger charge is 2.13. The third-order valence-corrected chi connectivity index (χ3v) is 3.32. The van der Waals surface area contributed by atoms with Crippen molar-refractivity contribution in [3.63, 3.8) is 0 Å². The van der Waals surface area contributed by atoms with E-state index in [1.807, 2.05) is 0 Å². The summed E-state index contributed by atoms with van der Waals surface area (Å²) in [5, 5.41) is 11.7. The van der Waals surface area contributed by atoms with Crippen LogP contribution in [0.1, 0.15) is 5.56 Å². The zero-order valence-corrected chi connectivity index (χ0v) is 10.6. The lowest BCUT2D eigenvalue weighted by atomic mass is 10.2. The van der Waals surface area contributed by atoms with Gasteiger partial charge in [-0.1, -0.05) is 6.07 Å². The van der Waals surface area contributed by atoms with Crippen LogP contribution in [-0.2, 0) is 5.75 Å². The minimum atomic E-state index is -0.467. The molecule has 19 heavy (non-hydrogen) atoms. The highest BCUT2D eigenvalue weighted by molar-refractivity contribution is 7.98. The number of rotatable bonds is 5. The van der Waals surface area contributed by atoms with E-state index in [-0.39, 0.29) is 5.69 Å². The van der Waals surface area contributed by atoms with Crippen molar-refractivity contribution in [2.24, 2.45) is 5.84 Å². The van der Waals surface area contributed by atoms with Gasteiger partial charge in [0.05, 0.1) is 11.1 Å². The van der Waals surface area contributed by atoms with E-state index in [0.717, 1.165) is 10.6 Å². The first-order chi connectivity index (χ1) is 9.20. The van der Waals surface area contributed by atoms with Gasteiger partial charge in [-0.15, -0.1) is 11.8 Å². The number of nitrogens with two attached hydrogens (primary N) is 1. The van der Waals surface area contributed by atoms with Gasteiger partial charge in [0, 0.05) is 24.2 Å². The molecule has 0 saturated carbocycles. The molecule has 1 aromatic heterocycles. The molecule has 3 N–H and O–H groups in total. The van der Waals surface area contributed by atoms with Crippen molar-refractivity contribution in [2.45, 2.75) is 10.8 Å². The normalized spacial score (nSPS) is 10.2. The van der Waals surface area contributed by atoms with Crippen LogP contribution in [0, 0.1) is 10.1 Å². The van der Waals surface area contributed by atoms with Crippen molar-refractivity contribution < 1.29 is 4.92 Å². The number of thioether (sulfide) groups is 1. The summed E-state index contributed by atoms with van der Waals surface area (Å²) >= 11 is 1.46. The number of anilines is 1. The van der Waals surface area contributed by atoms with Gasteiger partial charge < -0.3 is 5.43 Å². The van der Waals surface area contributed by atoms with Crippen LogP contribution in [0.15, 0.2) is 41.8 Å². The predicted molar refractivity (Wildman–Crippen MR) is 72.5 cm³/mol. The molecule has 0 atom stereocenters. The standard InChI is InChI=1S/C11H11N5O2S/c12-15-9-2-1-8(5-10(9)16(17)18)7-19-11-6-13-3-4-14-11/h1-6,15H,7,12H2. The van der Waals surface area contributed by atoms with Crippen molar-refractivity contribution in [3.05, 3.63) is 52.5 Å². The van der Waals surface area contributed by atoms with Crippen LogP contribution in [0.4, 0.5) is 11.4 Å². The molecule has 1 heterocycles. The zero-order chi connectivity index (χ0) is 13.7. The Bertz CT molecular complexity index is 579. The summed E-state index contributed by atoms with van der Waals surface area (Å²) in [6.07, 6.45) is 4.84. The maximum atomic E-state index is 10.9. The Kier molecular flexibility index (Phi) is 4.26. The van der Waals surface area contributed by atoms with E-state index in [1.54, 1.807) is 30.7 Å². The Hall–Kier alpha value is -2.19. The lowest BCUT2D eigenvalue weighted by Gasteiger charge is -2.05. The smallest absolute Gasteiger partial charge is 0.293 e. The molecule has 1 aromatic carbocycles. The van der Waals surface area contributed by atoms with Crippen LogP contribution in [0.25, 0.3) is 0 Å². The van der Waals surface area contributed by atoms with Crippen LogP contribution >= 0.6 is 11.8 Å². The molecule has 0 fully saturated rings. The molecule has 0 radical (unpaired) electrons. The van der Waals surface area contributed by atoms with Crippen LogP contribution in [0.2, 0.25) is 0 Å². The van der Waals surface area contributed by atoms with Gasteiger partial charge >= 0.3 is 0 Å². The molecular weight excluding hydrogens is 266 g/mol. The molecule has 0 spiro atoms. The number of benzene rings is 1. The van der Waals surface area contributed by atoms with Crippen LogP contribution in [0.5, 0.6) is 0 Å². The van der Waals surface area contributed by atoms with Gasteiger partial charge in [0.2, 0.25) is 0 Å². The van der Waals surface area contributed by atoms with E-state index in [0.29, 0.717) is 11.4 Å². The summed E-state index contributed by atoms with van der Waals surface area (Å²) in [4.78, 5) is 18.5. The fourth-order valence-corrected chi connectivity index (χ4v) is 2.22. The van der Waals surface area contributed by atoms with Crippen molar-refractivity contribution in [1.29, 1.82) is 0 Å². The minimum Gasteiger partial charge on any atom is -0.318 e. The van der Waals surface area contributed by atoms with Gasteiger partial charge in [-0.3, -0.25) is 20.9 Å². The number of nitrogen functional groups attached to an aromatic ring is 1. The summed E-state index contributed by atoms with van der Waals surface area (Å²) in [6.45, 7) is 0. The van der Waals surface area contributed by atoms with Crippen molar-refractivity contribution in [2.75, 3.05) is 5.43 Å². The topological polar surface area (TPSA) is 107 Å². The summed E-state index contributed by atoms with van der Waals surface area (Å²) in [5.74, 6) is 5.80. The number of nitrogens with one attached hydrogen (secondary N) is 1. The third kappa shape index (κ3) is 3.39. The molecule has 2 rings (SSSR count). The number of nitro benzene ring substituents is 1. The number of nitro groups is 1. The molecule has 2 aromatic rings. The Morgan fingerprint density at radius 1 is 1.42 bits per heavy atom. The summed E-state index contributed by atoms with van der Waals surface area (Å²) < 4.78 is 0. The van der Waals surface area contributed by atoms with Gasteiger partial charge in [-0.05, 0) is 11.6 Å².